The zero-order valence-corrected chi connectivity index (χ0v) is 10.7. The molecule has 1 unspecified atom stereocenters. The maximum absolute atomic E-state index is 5.62. The third kappa shape index (κ3) is 3.51. The first-order valence-corrected chi connectivity index (χ1v) is 6.69. The monoisotopic (exact) mass is 233 g/mol. The minimum atomic E-state index is 0.533. The SMILES string of the molecule is CCC1CCCN(Cc2cccc(CN)n2)C1. The number of hydrogen-bond donors (Lipinski definition) is 1. The average Bonchev–Trinajstić information content (AvgIpc) is 2.39. The number of aromatic nitrogens is 1. The standard InChI is InChI=1S/C14H23N3/c1-2-12-5-4-8-17(10-12)11-14-7-3-6-13(9-15)16-14/h3,6-7,12H,2,4-5,8-11,15H2,1H3. The smallest absolute Gasteiger partial charge is 0.0547 e. The number of likely N-dealkylation sites (tertiary alicyclic amines) is 1. The fourth-order valence-electron chi connectivity index (χ4n) is 2.59. The summed E-state index contributed by atoms with van der Waals surface area (Å²) in [4.78, 5) is 7.10. The van der Waals surface area contributed by atoms with Gasteiger partial charge in [0.05, 0.1) is 11.4 Å². The quantitative estimate of drug-likeness (QED) is 0.866. The Morgan fingerprint density at radius 3 is 3.00 bits per heavy atom. The molecule has 0 amide bonds. The van der Waals surface area contributed by atoms with Crippen LogP contribution >= 0.6 is 0 Å². The molecule has 0 saturated carbocycles. The van der Waals surface area contributed by atoms with Gasteiger partial charge >= 0.3 is 0 Å². The van der Waals surface area contributed by atoms with Crippen LogP contribution in [0.2, 0.25) is 0 Å². The lowest BCUT2D eigenvalue weighted by Gasteiger charge is -2.31. The van der Waals surface area contributed by atoms with E-state index in [4.69, 9.17) is 5.73 Å². The zero-order valence-electron chi connectivity index (χ0n) is 10.7. The summed E-state index contributed by atoms with van der Waals surface area (Å²) in [6.45, 7) is 6.24. The highest BCUT2D eigenvalue weighted by atomic mass is 15.1. The molecule has 94 valence electrons. The van der Waals surface area contributed by atoms with Gasteiger partial charge in [-0.15, -0.1) is 0 Å². The molecule has 1 aromatic heterocycles. The molecule has 1 aliphatic heterocycles. The fraction of sp³-hybridized carbons (Fsp3) is 0.643. The predicted octanol–water partition coefficient (Wildman–Crippen LogP) is 2.16. The van der Waals surface area contributed by atoms with E-state index in [1.807, 2.05) is 6.07 Å². The van der Waals surface area contributed by atoms with E-state index in [1.165, 1.54) is 32.4 Å². The molecule has 3 nitrogen and oxygen atoms in total. The van der Waals surface area contributed by atoms with Gasteiger partial charge in [0.1, 0.15) is 0 Å². The normalized spacial score (nSPS) is 21.6. The highest BCUT2D eigenvalue weighted by Gasteiger charge is 2.18. The first kappa shape index (κ1) is 12.5. The van der Waals surface area contributed by atoms with Gasteiger partial charge in [-0.3, -0.25) is 9.88 Å². The second-order valence-electron chi connectivity index (χ2n) is 4.98. The third-order valence-corrected chi connectivity index (χ3v) is 3.64. The van der Waals surface area contributed by atoms with Crippen LogP contribution in [0.1, 0.15) is 37.6 Å². The number of hydrogen-bond acceptors (Lipinski definition) is 3. The Morgan fingerprint density at radius 2 is 2.24 bits per heavy atom. The minimum absolute atomic E-state index is 0.533. The molecule has 2 rings (SSSR count). The van der Waals surface area contributed by atoms with E-state index in [-0.39, 0.29) is 0 Å². The van der Waals surface area contributed by atoms with E-state index < -0.39 is 0 Å². The van der Waals surface area contributed by atoms with Gasteiger partial charge in [0.25, 0.3) is 0 Å². The fourth-order valence-corrected chi connectivity index (χ4v) is 2.59. The van der Waals surface area contributed by atoms with Crippen LogP contribution in [0.3, 0.4) is 0 Å². The summed E-state index contributed by atoms with van der Waals surface area (Å²) in [6, 6.07) is 6.16. The zero-order chi connectivity index (χ0) is 12.1. The Hall–Kier alpha value is -0.930. The summed E-state index contributed by atoms with van der Waals surface area (Å²) >= 11 is 0. The van der Waals surface area contributed by atoms with Gasteiger partial charge < -0.3 is 5.73 Å². The van der Waals surface area contributed by atoms with Crippen molar-refractivity contribution in [1.82, 2.24) is 9.88 Å². The van der Waals surface area contributed by atoms with Crippen LogP contribution < -0.4 is 5.73 Å². The van der Waals surface area contributed by atoms with Crippen molar-refractivity contribution in [1.29, 1.82) is 0 Å². The van der Waals surface area contributed by atoms with Crippen molar-refractivity contribution < 1.29 is 0 Å². The molecule has 0 bridgehead atoms. The van der Waals surface area contributed by atoms with Gasteiger partial charge in [-0.2, -0.15) is 0 Å². The maximum atomic E-state index is 5.62. The van der Waals surface area contributed by atoms with Gasteiger partial charge in [-0.25, -0.2) is 0 Å². The number of rotatable bonds is 4. The van der Waals surface area contributed by atoms with Crippen LogP contribution in [0.15, 0.2) is 18.2 Å². The van der Waals surface area contributed by atoms with Crippen LogP contribution in [0.25, 0.3) is 0 Å². The van der Waals surface area contributed by atoms with Gasteiger partial charge in [0, 0.05) is 19.6 Å². The summed E-state index contributed by atoms with van der Waals surface area (Å²) in [7, 11) is 0. The summed E-state index contributed by atoms with van der Waals surface area (Å²) in [5, 5.41) is 0. The van der Waals surface area contributed by atoms with Gasteiger partial charge in [-0.1, -0.05) is 19.4 Å². The second kappa shape index (κ2) is 6.12. The predicted molar refractivity (Wildman–Crippen MR) is 70.4 cm³/mol. The molecule has 3 heteroatoms. The van der Waals surface area contributed by atoms with Crippen molar-refractivity contribution in [2.45, 2.75) is 39.3 Å². The number of nitrogens with two attached hydrogens (primary N) is 1. The van der Waals surface area contributed by atoms with Crippen molar-refractivity contribution in [3.8, 4) is 0 Å². The van der Waals surface area contributed by atoms with E-state index in [2.05, 4.69) is 28.9 Å². The molecule has 2 N–H and O–H groups in total. The number of pyridine rings is 1. The molecule has 0 radical (unpaired) electrons. The second-order valence-corrected chi connectivity index (χ2v) is 4.98. The summed E-state index contributed by atoms with van der Waals surface area (Å²) in [5.74, 6) is 0.876. The lowest BCUT2D eigenvalue weighted by atomic mass is 9.95. The van der Waals surface area contributed by atoms with Gasteiger partial charge in [0.15, 0.2) is 0 Å². The molecule has 1 aliphatic rings. The Bertz CT molecular complexity index is 351. The molecule has 0 aromatic carbocycles. The van der Waals surface area contributed by atoms with Gasteiger partial charge in [-0.05, 0) is 37.4 Å². The largest absolute Gasteiger partial charge is 0.325 e. The van der Waals surface area contributed by atoms with Crippen molar-refractivity contribution in [3.05, 3.63) is 29.6 Å². The third-order valence-electron chi connectivity index (χ3n) is 3.64. The molecular weight excluding hydrogens is 210 g/mol. The van der Waals surface area contributed by atoms with E-state index >= 15 is 0 Å². The molecule has 1 atom stereocenters. The Balaban J connectivity index is 1.95. The molecular formula is C14H23N3. The molecule has 1 saturated heterocycles. The Morgan fingerprint density at radius 1 is 1.41 bits per heavy atom. The average molecular weight is 233 g/mol. The molecule has 2 heterocycles. The van der Waals surface area contributed by atoms with Crippen molar-refractivity contribution in [3.63, 3.8) is 0 Å². The maximum Gasteiger partial charge on any atom is 0.0547 e. The van der Waals surface area contributed by atoms with Crippen LogP contribution in [0.4, 0.5) is 0 Å². The Labute approximate surface area is 104 Å². The molecule has 17 heavy (non-hydrogen) atoms. The van der Waals surface area contributed by atoms with Crippen molar-refractivity contribution in [2.75, 3.05) is 13.1 Å². The topological polar surface area (TPSA) is 42.1 Å². The summed E-state index contributed by atoms with van der Waals surface area (Å²) in [5.41, 5.74) is 7.77. The van der Waals surface area contributed by atoms with Gasteiger partial charge in [0.2, 0.25) is 0 Å². The first-order chi connectivity index (χ1) is 8.31. The van der Waals surface area contributed by atoms with Crippen molar-refractivity contribution in [2.24, 2.45) is 11.7 Å². The van der Waals surface area contributed by atoms with Crippen LogP contribution in [0.5, 0.6) is 0 Å². The van der Waals surface area contributed by atoms with Crippen molar-refractivity contribution >= 4 is 0 Å². The number of piperidine rings is 1. The van der Waals surface area contributed by atoms with Crippen LogP contribution in [-0.2, 0) is 13.1 Å². The highest BCUT2D eigenvalue weighted by molar-refractivity contribution is 5.11. The van der Waals surface area contributed by atoms with E-state index in [9.17, 15) is 0 Å². The molecule has 0 spiro atoms. The van der Waals surface area contributed by atoms with E-state index in [0.717, 1.165) is 23.9 Å². The van der Waals surface area contributed by atoms with E-state index in [1.54, 1.807) is 0 Å². The van der Waals surface area contributed by atoms with E-state index in [0.29, 0.717) is 6.54 Å². The molecule has 1 fully saturated rings. The lowest BCUT2D eigenvalue weighted by Crippen LogP contribution is -2.34. The van der Waals surface area contributed by atoms with Crippen LogP contribution in [-0.4, -0.2) is 23.0 Å². The Kier molecular flexibility index (Phi) is 4.51. The lowest BCUT2D eigenvalue weighted by molar-refractivity contribution is 0.163. The summed E-state index contributed by atoms with van der Waals surface area (Å²) in [6.07, 6.45) is 4.02. The summed E-state index contributed by atoms with van der Waals surface area (Å²) < 4.78 is 0. The first-order valence-electron chi connectivity index (χ1n) is 6.69. The molecule has 1 aromatic rings. The number of nitrogens with zero attached hydrogens (tertiary/aromatic N) is 2. The highest BCUT2D eigenvalue weighted by Crippen LogP contribution is 2.20. The van der Waals surface area contributed by atoms with Crippen LogP contribution in [0, 0.1) is 5.92 Å². The minimum Gasteiger partial charge on any atom is -0.325 e. The molecule has 0 aliphatic carbocycles.